The van der Waals surface area contributed by atoms with Crippen molar-refractivity contribution < 1.29 is 41.8 Å². The molecule has 12 nitrogen and oxygen atoms in total. The van der Waals surface area contributed by atoms with E-state index in [1.54, 1.807) is 16.8 Å². The first-order chi connectivity index (χ1) is 23.6. The molecule has 2 aliphatic heterocycles. The number of rotatable bonds is 11. The molecule has 1 saturated heterocycles. The Morgan fingerprint density at radius 3 is 2.18 bits per heavy atom. The van der Waals surface area contributed by atoms with Crippen molar-refractivity contribution in [1.82, 2.24) is 25.2 Å². The highest BCUT2D eigenvalue weighted by Crippen LogP contribution is 2.47. The van der Waals surface area contributed by atoms with Gasteiger partial charge in [0.15, 0.2) is 6.29 Å². The van der Waals surface area contributed by atoms with Crippen molar-refractivity contribution in [3.63, 3.8) is 0 Å². The van der Waals surface area contributed by atoms with Crippen LogP contribution >= 0.6 is 11.6 Å². The second-order valence-corrected chi connectivity index (χ2v) is 12.3. The van der Waals surface area contributed by atoms with Crippen molar-refractivity contribution in [2.45, 2.75) is 45.7 Å². The van der Waals surface area contributed by atoms with E-state index < -0.39 is 17.2 Å². The number of nitrogens with zero attached hydrogens (tertiary/aromatic N) is 5. The first-order valence-electron chi connectivity index (χ1n) is 15.9. The zero-order valence-corrected chi connectivity index (χ0v) is 30.2. The fourth-order valence-electron chi connectivity index (χ4n) is 4.87. The van der Waals surface area contributed by atoms with Crippen LogP contribution in [0.25, 0.3) is 0 Å². The quantitative estimate of drug-likeness (QED) is 0.0851. The van der Waals surface area contributed by atoms with Crippen LogP contribution in [-0.4, -0.2) is 119 Å². The Balaban J connectivity index is 0.000000512. The predicted molar refractivity (Wildman–Crippen MR) is 184 cm³/mol. The number of aldehydes is 1. The number of carbonyl (C=O) groups is 3. The number of aryl methyl sites for hydroxylation is 1. The third-order valence-corrected chi connectivity index (χ3v) is 8.33. The first kappa shape index (κ1) is 44.3. The summed E-state index contributed by atoms with van der Waals surface area (Å²) in [5.74, 6) is -0.0326. The number of nitrogens with two attached hydrogens (primary N) is 1. The van der Waals surface area contributed by atoms with Crippen LogP contribution in [0.15, 0.2) is 46.3 Å². The molecule has 282 valence electrons. The minimum atomic E-state index is -4.31. The third-order valence-electron chi connectivity index (χ3n) is 7.93. The van der Waals surface area contributed by atoms with E-state index in [1.807, 2.05) is 38.0 Å². The van der Waals surface area contributed by atoms with E-state index in [2.05, 4.69) is 34.0 Å². The molecule has 0 radical (unpaired) electrons. The molecule has 1 aliphatic carbocycles. The van der Waals surface area contributed by atoms with Gasteiger partial charge in [0, 0.05) is 65.6 Å². The van der Waals surface area contributed by atoms with Crippen LogP contribution in [0.5, 0.6) is 0 Å². The van der Waals surface area contributed by atoms with Gasteiger partial charge in [0.05, 0.1) is 35.6 Å². The lowest BCUT2D eigenvalue weighted by atomic mass is 10.1. The largest absolute Gasteiger partial charge is 0.416 e. The third kappa shape index (κ3) is 15.0. The molecule has 3 N–H and O–H groups in total. The summed E-state index contributed by atoms with van der Waals surface area (Å²) in [6.07, 6.45) is 1.90. The standard InChI is InChI=1S/C21H33FN4O4.C8H6ClF3.C3H8N2.CH3NO/c1-3-18(23-24(2)14-17-4-12-29-13-5-17)19(15-27)25-8-10-26(11-9-25)20(28)21(6-7-21)16-30-22;1-5-2-3-6(4-7(5)9)8(10,11)12;1-4-5(2)3;2-1-3/h4,15,23H,3,5-14,16H2,1-2H3;2-4H,1H3;1H2,2-3H3;1H,(H2,2,3)/b19-18+;;;. The van der Waals surface area contributed by atoms with E-state index in [9.17, 15) is 27.3 Å². The molecule has 1 saturated carbocycles. The van der Waals surface area contributed by atoms with Crippen LogP contribution in [0.4, 0.5) is 17.7 Å². The number of likely N-dealkylation sites (N-methyl/N-ethyl adjacent to an activating group) is 1. The number of allylic oxidation sites excluding steroid dienone is 2. The average Bonchev–Trinajstić information content (AvgIpc) is 3.87. The minimum Gasteiger partial charge on any atom is -0.377 e. The Morgan fingerprint density at radius 1 is 1.18 bits per heavy atom. The molecule has 1 aromatic carbocycles. The number of carbonyl (C=O) groups excluding carboxylic acids is 3. The summed E-state index contributed by atoms with van der Waals surface area (Å²) >= 11 is 5.52. The topological polar surface area (TPSA) is 133 Å². The summed E-state index contributed by atoms with van der Waals surface area (Å²) < 4.78 is 53.8. The predicted octanol–water partition coefficient (Wildman–Crippen LogP) is 4.35. The van der Waals surface area contributed by atoms with Crippen LogP contribution in [0.3, 0.4) is 0 Å². The SMILES string of the molecule is C=NN(C)C.CC/C(NN(C)CC1=CCOCC1)=C(/C=O)N1CCN(C(=O)C2(COF)CC2)CC1.Cc1ccc(C(F)(F)F)cc1Cl.NC=O. The molecular formula is C33H50ClF4N7O5. The fraction of sp³-hybridized carbons (Fsp3) is 0.576. The fourth-order valence-corrected chi connectivity index (χ4v) is 5.05. The minimum absolute atomic E-state index is 0.0326. The highest BCUT2D eigenvalue weighted by atomic mass is 35.5. The molecule has 0 aromatic heterocycles. The summed E-state index contributed by atoms with van der Waals surface area (Å²) in [6, 6.07) is 3.29. The zero-order valence-electron chi connectivity index (χ0n) is 29.4. The van der Waals surface area contributed by atoms with Gasteiger partial charge in [-0.15, -0.1) is 0 Å². The molecule has 0 atom stereocenters. The van der Waals surface area contributed by atoms with Gasteiger partial charge in [-0.2, -0.15) is 23.2 Å². The Bertz CT molecular complexity index is 1300. The lowest BCUT2D eigenvalue weighted by Crippen LogP contribution is -2.51. The number of piperazine rings is 1. The van der Waals surface area contributed by atoms with Gasteiger partial charge < -0.3 is 30.7 Å². The Morgan fingerprint density at radius 2 is 1.76 bits per heavy atom. The number of amides is 2. The number of halogens is 5. The lowest BCUT2D eigenvalue weighted by molar-refractivity contribution is -0.166. The lowest BCUT2D eigenvalue weighted by Gasteiger charge is -2.38. The van der Waals surface area contributed by atoms with Crippen molar-refractivity contribution in [3.8, 4) is 0 Å². The monoisotopic (exact) mass is 735 g/mol. The molecule has 2 amide bonds. The highest BCUT2D eigenvalue weighted by molar-refractivity contribution is 6.31. The smallest absolute Gasteiger partial charge is 0.377 e. The Kier molecular flexibility index (Phi) is 19.6. The summed E-state index contributed by atoms with van der Waals surface area (Å²) in [4.78, 5) is 40.7. The summed E-state index contributed by atoms with van der Waals surface area (Å²) in [5.41, 5.74) is 9.61. The van der Waals surface area contributed by atoms with Crippen molar-refractivity contribution in [2.75, 3.05) is 73.7 Å². The Labute approximate surface area is 296 Å². The number of hydrogen-bond acceptors (Lipinski definition) is 10. The number of primary amides is 1. The van der Waals surface area contributed by atoms with Gasteiger partial charge in [-0.3, -0.25) is 14.4 Å². The number of nitrogens with one attached hydrogen (secondary N) is 1. The van der Waals surface area contributed by atoms with E-state index in [0.717, 1.165) is 43.7 Å². The normalized spacial score (nSPS) is 16.8. The van der Waals surface area contributed by atoms with Crippen molar-refractivity contribution in [2.24, 2.45) is 16.3 Å². The van der Waals surface area contributed by atoms with Gasteiger partial charge >= 0.3 is 6.18 Å². The maximum atomic E-state index is 12.7. The van der Waals surface area contributed by atoms with Crippen molar-refractivity contribution in [1.29, 1.82) is 0 Å². The molecule has 0 bridgehead atoms. The van der Waals surface area contributed by atoms with Crippen LogP contribution in [-0.2, 0) is 30.2 Å². The molecule has 2 heterocycles. The van der Waals surface area contributed by atoms with Crippen LogP contribution in [0.2, 0.25) is 5.02 Å². The van der Waals surface area contributed by atoms with Crippen molar-refractivity contribution >= 4 is 36.9 Å². The molecule has 1 aromatic rings. The molecule has 4 rings (SSSR count). The number of hydrazine groups is 1. The van der Waals surface area contributed by atoms with E-state index in [4.69, 9.17) is 21.1 Å². The summed E-state index contributed by atoms with van der Waals surface area (Å²) in [6.45, 7) is 11.1. The summed E-state index contributed by atoms with van der Waals surface area (Å²) in [5, 5.41) is 7.25. The average molecular weight is 736 g/mol. The van der Waals surface area contributed by atoms with Gasteiger partial charge in [-0.05, 0) is 54.8 Å². The molecule has 3 aliphatic rings. The summed E-state index contributed by atoms with van der Waals surface area (Å²) in [7, 11) is 5.62. The van der Waals surface area contributed by atoms with Gasteiger partial charge in [-0.25, -0.2) is 5.01 Å². The molecular weight excluding hydrogens is 686 g/mol. The second-order valence-electron chi connectivity index (χ2n) is 11.9. The highest BCUT2D eigenvalue weighted by Gasteiger charge is 2.52. The van der Waals surface area contributed by atoms with E-state index in [-0.39, 0.29) is 23.9 Å². The van der Waals surface area contributed by atoms with E-state index in [0.29, 0.717) is 63.3 Å². The molecule has 50 heavy (non-hydrogen) atoms. The number of hydrazone groups is 1. The van der Waals surface area contributed by atoms with Gasteiger partial charge in [0.25, 0.3) is 0 Å². The van der Waals surface area contributed by atoms with Crippen LogP contribution < -0.4 is 11.2 Å². The van der Waals surface area contributed by atoms with E-state index >= 15 is 0 Å². The zero-order chi connectivity index (χ0) is 37.9. The molecule has 17 heteroatoms. The van der Waals surface area contributed by atoms with Gasteiger partial charge in [-0.1, -0.05) is 36.2 Å². The van der Waals surface area contributed by atoms with Crippen LogP contribution in [0.1, 0.15) is 43.7 Å². The maximum Gasteiger partial charge on any atom is 0.416 e. The Hall–Kier alpha value is -3.73. The van der Waals surface area contributed by atoms with Gasteiger partial charge in [0.2, 0.25) is 12.3 Å². The van der Waals surface area contributed by atoms with Gasteiger partial charge in [0.1, 0.15) is 6.61 Å². The molecule has 0 unspecified atom stereocenters. The number of ether oxygens (including phenoxy) is 1. The number of hydrogen-bond donors (Lipinski definition) is 2. The van der Waals surface area contributed by atoms with Crippen LogP contribution in [0, 0.1) is 12.3 Å². The molecule has 2 fully saturated rings. The van der Waals surface area contributed by atoms with Crippen molar-refractivity contribution in [3.05, 3.63) is 57.4 Å². The van der Waals surface area contributed by atoms with E-state index in [1.165, 1.54) is 11.6 Å². The maximum absolute atomic E-state index is 12.7. The first-order valence-corrected chi connectivity index (χ1v) is 16.3. The second kappa shape index (κ2) is 22.2. The molecule has 0 spiro atoms. The number of benzene rings is 1. The number of alkyl halides is 3.